The van der Waals surface area contributed by atoms with Crippen LogP contribution >= 0.6 is 0 Å². The molecule has 0 aromatic heterocycles. The molecule has 164 valence electrons. The average molecular weight is 411 g/mol. The Morgan fingerprint density at radius 1 is 1.00 bits per heavy atom. The van der Waals surface area contributed by atoms with Gasteiger partial charge in [-0.1, -0.05) is 0 Å². The molecule has 0 aromatic carbocycles. The summed E-state index contributed by atoms with van der Waals surface area (Å²) in [5.74, 6) is -1.02. The maximum Gasteiger partial charge on any atom is 0.411 e. The first-order valence-corrected chi connectivity index (χ1v) is 10.2. The summed E-state index contributed by atoms with van der Waals surface area (Å²) in [5, 5.41) is 0. The predicted molar refractivity (Wildman–Crippen MR) is 105 cm³/mol. The topological polar surface area (TPSA) is 96.5 Å². The SMILES string of the molecule is CC(=O)OC(C)C(C(=O)N1CCCC1)N1CN(C(=O)OC(C)(C)C)CCCC1=O. The summed E-state index contributed by atoms with van der Waals surface area (Å²) in [6.07, 6.45) is 1.11. The van der Waals surface area contributed by atoms with Gasteiger partial charge in [-0.3, -0.25) is 19.3 Å². The largest absolute Gasteiger partial charge is 0.460 e. The number of amides is 3. The van der Waals surface area contributed by atoms with Crippen LogP contribution in [0.1, 0.15) is 60.3 Å². The lowest BCUT2D eigenvalue weighted by Gasteiger charge is -2.37. The van der Waals surface area contributed by atoms with Crippen LogP contribution in [-0.2, 0) is 23.9 Å². The van der Waals surface area contributed by atoms with Gasteiger partial charge in [0.15, 0.2) is 0 Å². The Labute approximate surface area is 172 Å². The minimum Gasteiger partial charge on any atom is -0.460 e. The second-order valence-corrected chi connectivity index (χ2v) is 8.64. The molecule has 0 saturated carbocycles. The number of ether oxygens (including phenoxy) is 2. The fourth-order valence-corrected chi connectivity index (χ4v) is 3.66. The van der Waals surface area contributed by atoms with E-state index < -0.39 is 29.8 Å². The number of esters is 1. The van der Waals surface area contributed by atoms with E-state index in [9.17, 15) is 19.2 Å². The Kier molecular flexibility index (Phi) is 7.48. The molecule has 2 unspecified atom stereocenters. The van der Waals surface area contributed by atoms with Gasteiger partial charge in [0.05, 0.1) is 6.67 Å². The van der Waals surface area contributed by atoms with Gasteiger partial charge in [0.2, 0.25) is 11.8 Å². The summed E-state index contributed by atoms with van der Waals surface area (Å²) in [6, 6.07) is -0.979. The highest BCUT2D eigenvalue weighted by Gasteiger charge is 2.41. The van der Waals surface area contributed by atoms with Crippen molar-refractivity contribution in [1.29, 1.82) is 0 Å². The molecular weight excluding hydrogens is 378 g/mol. The Hall–Kier alpha value is -2.32. The van der Waals surface area contributed by atoms with Crippen molar-refractivity contribution in [3.05, 3.63) is 0 Å². The van der Waals surface area contributed by atoms with Crippen LogP contribution in [0.5, 0.6) is 0 Å². The Morgan fingerprint density at radius 3 is 2.14 bits per heavy atom. The summed E-state index contributed by atoms with van der Waals surface area (Å²) in [6.45, 7) is 9.69. The molecule has 2 aliphatic heterocycles. The van der Waals surface area contributed by atoms with E-state index in [1.807, 2.05) is 0 Å². The molecule has 2 fully saturated rings. The highest BCUT2D eigenvalue weighted by Crippen LogP contribution is 2.21. The predicted octanol–water partition coefficient (Wildman–Crippen LogP) is 1.75. The second kappa shape index (κ2) is 9.45. The minimum absolute atomic E-state index is 0.0798. The molecule has 2 saturated heterocycles. The number of carbonyl (C=O) groups excluding carboxylic acids is 4. The van der Waals surface area contributed by atoms with Crippen LogP contribution in [0, 0.1) is 0 Å². The van der Waals surface area contributed by atoms with E-state index in [0.717, 1.165) is 12.8 Å². The van der Waals surface area contributed by atoms with E-state index in [-0.39, 0.29) is 24.9 Å². The van der Waals surface area contributed by atoms with Crippen molar-refractivity contribution in [2.75, 3.05) is 26.3 Å². The first-order valence-electron chi connectivity index (χ1n) is 10.2. The van der Waals surface area contributed by atoms with Gasteiger partial charge in [-0.2, -0.15) is 0 Å². The molecule has 29 heavy (non-hydrogen) atoms. The summed E-state index contributed by atoms with van der Waals surface area (Å²) in [5.41, 5.74) is -0.673. The zero-order chi connectivity index (χ0) is 21.8. The minimum atomic E-state index is -0.979. The summed E-state index contributed by atoms with van der Waals surface area (Å²) < 4.78 is 10.7. The van der Waals surface area contributed by atoms with E-state index in [1.54, 1.807) is 32.6 Å². The molecule has 0 aliphatic carbocycles. The van der Waals surface area contributed by atoms with Crippen LogP contribution in [0.3, 0.4) is 0 Å². The molecular formula is C20H33N3O6. The summed E-state index contributed by atoms with van der Waals surface area (Å²) in [7, 11) is 0. The van der Waals surface area contributed by atoms with Gasteiger partial charge in [0.25, 0.3) is 0 Å². The Balaban J connectivity index is 2.29. The van der Waals surface area contributed by atoms with Gasteiger partial charge in [-0.15, -0.1) is 0 Å². The number of hydrogen-bond donors (Lipinski definition) is 0. The fourth-order valence-electron chi connectivity index (χ4n) is 3.66. The van der Waals surface area contributed by atoms with Crippen LogP contribution < -0.4 is 0 Å². The lowest BCUT2D eigenvalue weighted by atomic mass is 10.1. The van der Waals surface area contributed by atoms with Crippen molar-refractivity contribution < 1.29 is 28.7 Å². The molecule has 0 spiro atoms. The van der Waals surface area contributed by atoms with Crippen LogP contribution in [0.25, 0.3) is 0 Å². The first-order chi connectivity index (χ1) is 13.5. The average Bonchev–Trinajstić information content (AvgIpc) is 3.05. The van der Waals surface area contributed by atoms with Gasteiger partial charge in [0.1, 0.15) is 17.7 Å². The van der Waals surface area contributed by atoms with Crippen LogP contribution in [-0.4, -0.2) is 82.6 Å². The number of carbonyl (C=O) groups is 4. The molecule has 0 radical (unpaired) electrons. The van der Waals surface area contributed by atoms with Gasteiger partial charge < -0.3 is 19.3 Å². The number of nitrogens with zero attached hydrogens (tertiary/aromatic N) is 3. The lowest BCUT2D eigenvalue weighted by molar-refractivity contribution is -0.160. The zero-order valence-electron chi connectivity index (χ0n) is 18.1. The fraction of sp³-hybridized carbons (Fsp3) is 0.800. The molecule has 0 aromatic rings. The third-order valence-corrected chi connectivity index (χ3v) is 4.92. The molecule has 2 heterocycles. The van der Waals surface area contributed by atoms with E-state index in [2.05, 4.69) is 0 Å². The first kappa shape index (κ1) is 23.0. The highest BCUT2D eigenvalue weighted by atomic mass is 16.6. The maximum atomic E-state index is 13.2. The highest BCUT2D eigenvalue weighted by molar-refractivity contribution is 5.89. The smallest absolute Gasteiger partial charge is 0.411 e. The van der Waals surface area contributed by atoms with E-state index in [4.69, 9.17) is 9.47 Å². The Bertz CT molecular complexity index is 639. The van der Waals surface area contributed by atoms with Crippen molar-refractivity contribution in [2.45, 2.75) is 78.0 Å². The molecule has 2 atom stereocenters. The molecule has 2 aliphatic rings. The van der Waals surface area contributed by atoms with E-state index >= 15 is 0 Å². The van der Waals surface area contributed by atoms with E-state index in [0.29, 0.717) is 26.1 Å². The molecule has 0 bridgehead atoms. The van der Waals surface area contributed by atoms with Gasteiger partial charge >= 0.3 is 12.1 Å². The normalized spacial score (nSPS) is 20.2. The number of hydrogen-bond acceptors (Lipinski definition) is 6. The van der Waals surface area contributed by atoms with Crippen molar-refractivity contribution >= 4 is 23.9 Å². The summed E-state index contributed by atoms with van der Waals surface area (Å²) >= 11 is 0. The van der Waals surface area contributed by atoms with Gasteiger partial charge in [-0.25, -0.2) is 4.79 Å². The third kappa shape index (κ3) is 6.33. The van der Waals surface area contributed by atoms with E-state index in [1.165, 1.54) is 16.7 Å². The van der Waals surface area contributed by atoms with Crippen molar-refractivity contribution in [3.63, 3.8) is 0 Å². The second-order valence-electron chi connectivity index (χ2n) is 8.64. The van der Waals surface area contributed by atoms with Crippen molar-refractivity contribution in [2.24, 2.45) is 0 Å². The monoisotopic (exact) mass is 411 g/mol. The lowest BCUT2D eigenvalue weighted by Crippen LogP contribution is -2.58. The summed E-state index contributed by atoms with van der Waals surface area (Å²) in [4.78, 5) is 54.7. The molecule has 9 heteroatoms. The van der Waals surface area contributed by atoms with Gasteiger partial charge in [0, 0.05) is 33.0 Å². The molecule has 3 amide bonds. The van der Waals surface area contributed by atoms with Crippen LogP contribution in [0.4, 0.5) is 4.79 Å². The van der Waals surface area contributed by atoms with Crippen LogP contribution in [0.15, 0.2) is 0 Å². The standard InChI is InChI=1S/C20H33N3O6/c1-14(28-15(2)24)17(18(26)21-10-6-7-11-21)23-13-22(12-8-9-16(23)25)19(27)29-20(3,4)5/h14,17H,6-13H2,1-5H3. The molecule has 0 N–H and O–H groups in total. The molecule has 9 nitrogen and oxygen atoms in total. The third-order valence-electron chi connectivity index (χ3n) is 4.92. The zero-order valence-corrected chi connectivity index (χ0v) is 18.1. The molecule has 2 rings (SSSR count). The van der Waals surface area contributed by atoms with Crippen molar-refractivity contribution in [1.82, 2.24) is 14.7 Å². The Morgan fingerprint density at radius 2 is 1.59 bits per heavy atom. The van der Waals surface area contributed by atoms with Gasteiger partial charge in [-0.05, 0) is 47.0 Å². The number of likely N-dealkylation sites (tertiary alicyclic amines) is 1. The number of rotatable bonds is 4. The van der Waals surface area contributed by atoms with Crippen LogP contribution in [0.2, 0.25) is 0 Å². The quantitative estimate of drug-likeness (QED) is 0.654. The van der Waals surface area contributed by atoms with Crippen molar-refractivity contribution in [3.8, 4) is 0 Å². The maximum absolute atomic E-state index is 13.2.